The van der Waals surface area contributed by atoms with Crippen molar-refractivity contribution in [3.8, 4) is 11.3 Å². The lowest BCUT2D eigenvalue weighted by Gasteiger charge is -2.22. The standard InChI is InChI=1S/C24H24N2O/c1-15-8-10-19(23-22(15)20-11-9-16(2)26-24(20)27-23)21-14-18(12-13-25-21)17-6-4-3-5-7-17/h8-14,17H,3-7H2,1-2H3. The fourth-order valence-corrected chi connectivity index (χ4v) is 4.51. The Hall–Kier alpha value is -2.68. The summed E-state index contributed by atoms with van der Waals surface area (Å²) in [7, 11) is 0. The summed E-state index contributed by atoms with van der Waals surface area (Å²) in [5.74, 6) is 0.668. The van der Waals surface area contributed by atoms with Crippen molar-refractivity contribution in [1.82, 2.24) is 9.97 Å². The molecule has 4 aromatic rings. The van der Waals surface area contributed by atoms with E-state index in [1.807, 2.05) is 19.2 Å². The molecule has 27 heavy (non-hydrogen) atoms. The van der Waals surface area contributed by atoms with Gasteiger partial charge in [-0.3, -0.25) is 4.98 Å². The number of nitrogens with zero attached hydrogens (tertiary/aromatic N) is 2. The average Bonchev–Trinajstić information content (AvgIpc) is 3.08. The molecule has 1 saturated carbocycles. The molecule has 136 valence electrons. The number of pyridine rings is 2. The number of rotatable bonds is 2. The average molecular weight is 356 g/mol. The van der Waals surface area contributed by atoms with Gasteiger partial charge in [0, 0.05) is 28.2 Å². The molecule has 3 heterocycles. The van der Waals surface area contributed by atoms with E-state index in [1.54, 1.807) is 0 Å². The molecule has 3 heteroatoms. The van der Waals surface area contributed by atoms with Crippen LogP contribution < -0.4 is 0 Å². The first-order chi connectivity index (χ1) is 13.2. The molecule has 0 bridgehead atoms. The van der Waals surface area contributed by atoms with Gasteiger partial charge in [-0.15, -0.1) is 0 Å². The molecule has 0 saturated heterocycles. The first-order valence-electron chi connectivity index (χ1n) is 9.96. The third kappa shape index (κ3) is 2.82. The van der Waals surface area contributed by atoms with Crippen LogP contribution in [0.15, 0.2) is 47.0 Å². The molecule has 1 fully saturated rings. The molecule has 1 aliphatic rings. The summed E-state index contributed by atoms with van der Waals surface area (Å²) in [6, 6.07) is 12.9. The number of benzene rings is 1. The third-order valence-electron chi connectivity index (χ3n) is 5.97. The normalized spacial score (nSPS) is 15.6. The lowest BCUT2D eigenvalue weighted by molar-refractivity contribution is 0.443. The van der Waals surface area contributed by atoms with Gasteiger partial charge >= 0.3 is 0 Å². The minimum atomic E-state index is 0.668. The maximum atomic E-state index is 6.23. The molecule has 0 spiro atoms. The second-order valence-electron chi connectivity index (χ2n) is 7.85. The quantitative estimate of drug-likeness (QED) is 0.401. The first-order valence-corrected chi connectivity index (χ1v) is 9.96. The molecule has 3 nitrogen and oxygen atoms in total. The number of furan rings is 1. The molecule has 0 N–H and O–H groups in total. The lowest BCUT2D eigenvalue weighted by Crippen LogP contribution is -2.04. The summed E-state index contributed by atoms with van der Waals surface area (Å²) in [6.07, 6.45) is 8.59. The molecule has 0 aliphatic heterocycles. The van der Waals surface area contributed by atoms with Crippen LogP contribution in [-0.2, 0) is 0 Å². The van der Waals surface area contributed by atoms with Crippen LogP contribution in [0.2, 0.25) is 0 Å². The van der Waals surface area contributed by atoms with Crippen LogP contribution in [0.4, 0.5) is 0 Å². The maximum Gasteiger partial charge on any atom is 0.227 e. The summed E-state index contributed by atoms with van der Waals surface area (Å²) in [5, 5.41) is 2.23. The Morgan fingerprint density at radius 3 is 2.67 bits per heavy atom. The molecular weight excluding hydrogens is 332 g/mol. The third-order valence-corrected chi connectivity index (χ3v) is 5.97. The van der Waals surface area contributed by atoms with E-state index in [9.17, 15) is 0 Å². The number of hydrogen-bond donors (Lipinski definition) is 0. The van der Waals surface area contributed by atoms with Gasteiger partial charge in [0.15, 0.2) is 0 Å². The topological polar surface area (TPSA) is 38.9 Å². The molecule has 0 unspecified atom stereocenters. The van der Waals surface area contributed by atoms with Crippen LogP contribution in [-0.4, -0.2) is 9.97 Å². The summed E-state index contributed by atoms with van der Waals surface area (Å²) >= 11 is 0. The van der Waals surface area contributed by atoms with E-state index in [4.69, 9.17) is 9.40 Å². The van der Waals surface area contributed by atoms with Gasteiger partial charge in [-0.1, -0.05) is 25.3 Å². The molecule has 0 amide bonds. The van der Waals surface area contributed by atoms with E-state index < -0.39 is 0 Å². The van der Waals surface area contributed by atoms with Crippen LogP contribution in [0.3, 0.4) is 0 Å². The Morgan fingerprint density at radius 1 is 0.963 bits per heavy atom. The van der Waals surface area contributed by atoms with Crippen molar-refractivity contribution in [2.24, 2.45) is 0 Å². The van der Waals surface area contributed by atoms with E-state index in [0.29, 0.717) is 11.6 Å². The van der Waals surface area contributed by atoms with Crippen LogP contribution in [0.25, 0.3) is 33.3 Å². The number of aromatic nitrogens is 2. The van der Waals surface area contributed by atoms with Crippen LogP contribution in [0.5, 0.6) is 0 Å². The van der Waals surface area contributed by atoms with Crippen LogP contribution in [0.1, 0.15) is 54.8 Å². The van der Waals surface area contributed by atoms with E-state index in [-0.39, 0.29) is 0 Å². The highest BCUT2D eigenvalue weighted by Crippen LogP contribution is 2.38. The molecular formula is C24H24N2O. The van der Waals surface area contributed by atoms with Crippen molar-refractivity contribution in [3.63, 3.8) is 0 Å². The van der Waals surface area contributed by atoms with Gasteiger partial charge in [0.2, 0.25) is 5.71 Å². The van der Waals surface area contributed by atoms with Crippen LogP contribution in [0, 0.1) is 13.8 Å². The Bertz CT molecular complexity index is 1140. The van der Waals surface area contributed by atoms with E-state index in [0.717, 1.165) is 33.3 Å². The highest BCUT2D eigenvalue weighted by molar-refractivity contribution is 6.10. The fraction of sp³-hybridized carbons (Fsp3) is 0.333. The second kappa shape index (κ2) is 6.49. The van der Waals surface area contributed by atoms with Gasteiger partial charge in [0.1, 0.15) is 5.58 Å². The Kier molecular flexibility index (Phi) is 3.96. The van der Waals surface area contributed by atoms with Gasteiger partial charge in [0.25, 0.3) is 0 Å². The first kappa shape index (κ1) is 16.5. The molecule has 3 aromatic heterocycles. The summed E-state index contributed by atoms with van der Waals surface area (Å²) in [6.45, 7) is 4.13. The predicted molar refractivity (Wildman–Crippen MR) is 110 cm³/mol. The van der Waals surface area contributed by atoms with Crippen molar-refractivity contribution in [3.05, 3.63) is 59.4 Å². The Morgan fingerprint density at radius 2 is 1.81 bits per heavy atom. The smallest absolute Gasteiger partial charge is 0.227 e. The largest absolute Gasteiger partial charge is 0.437 e. The van der Waals surface area contributed by atoms with Crippen molar-refractivity contribution >= 4 is 22.1 Å². The van der Waals surface area contributed by atoms with E-state index >= 15 is 0 Å². The monoisotopic (exact) mass is 356 g/mol. The summed E-state index contributed by atoms with van der Waals surface area (Å²) in [5.41, 5.74) is 7.27. The molecule has 0 radical (unpaired) electrons. The Balaban J connectivity index is 1.69. The minimum Gasteiger partial charge on any atom is -0.437 e. The minimum absolute atomic E-state index is 0.668. The SMILES string of the molecule is Cc1ccc2c(n1)oc1c(-c3cc(C4CCCCC4)ccn3)ccc(C)c12. The summed E-state index contributed by atoms with van der Waals surface area (Å²) in [4.78, 5) is 9.28. The van der Waals surface area contributed by atoms with Gasteiger partial charge in [-0.2, -0.15) is 0 Å². The fourth-order valence-electron chi connectivity index (χ4n) is 4.51. The van der Waals surface area contributed by atoms with Gasteiger partial charge in [-0.25, -0.2) is 4.98 Å². The lowest BCUT2D eigenvalue weighted by atomic mass is 9.84. The maximum absolute atomic E-state index is 6.23. The number of fused-ring (bicyclic) bond motifs is 3. The van der Waals surface area contributed by atoms with Gasteiger partial charge < -0.3 is 4.42 Å². The zero-order valence-corrected chi connectivity index (χ0v) is 16.0. The molecule has 0 atom stereocenters. The Labute approximate surface area is 159 Å². The predicted octanol–water partition coefficient (Wildman–Crippen LogP) is 6.71. The van der Waals surface area contributed by atoms with Crippen molar-refractivity contribution in [1.29, 1.82) is 0 Å². The number of hydrogen-bond acceptors (Lipinski definition) is 3. The second-order valence-corrected chi connectivity index (χ2v) is 7.85. The van der Waals surface area contributed by atoms with Crippen molar-refractivity contribution in [2.75, 3.05) is 0 Å². The highest BCUT2D eigenvalue weighted by atomic mass is 16.3. The van der Waals surface area contributed by atoms with Crippen molar-refractivity contribution in [2.45, 2.75) is 51.9 Å². The van der Waals surface area contributed by atoms with E-state index in [1.165, 1.54) is 43.2 Å². The number of aryl methyl sites for hydroxylation is 2. The highest BCUT2D eigenvalue weighted by Gasteiger charge is 2.19. The zero-order valence-electron chi connectivity index (χ0n) is 16.0. The van der Waals surface area contributed by atoms with Gasteiger partial charge in [-0.05, 0) is 74.1 Å². The van der Waals surface area contributed by atoms with Crippen molar-refractivity contribution < 1.29 is 4.42 Å². The molecule has 1 aliphatic carbocycles. The van der Waals surface area contributed by atoms with Gasteiger partial charge in [0.05, 0.1) is 5.69 Å². The molecule has 1 aromatic carbocycles. The zero-order chi connectivity index (χ0) is 18.4. The summed E-state index contributed by atoms with van der Waals surface area (Å²) < 4.78 is 6.23. The molecule has 5 rings (SSSR count). The van der Waals surface area contributed by atoms with Crippen LogP contribution >= 0.6 is 0 Å². The van der Waals surface area contributed by atoms with E-state index in [2.05, 4.69) is 42.2 Å².